The zero-order chi connectivity index (χ0) is 19.8. The molecule has 0 radical (unpaired) electrons. The Labute approximate surface area is 173 Å². The van der Waals surface area contributed by atoms with E-state index < -0.39 is 0 Å². The lowest BCUT2D eigenvalue weighted by molar-refractivity contribution is 0.275. The third-order valence-electron chi connectivity index (χ3n) is 3.94. The van der Waals surface area contributed by atoms with E-state index in [-0.39, 0.29) is 6.61 Å². The van der Waals surface area contributed by atoms with E-state index >= 15 is 0 Å². The minimum Gasteiger partial charge on any atom is -0.486 e. The third-order valence-corrected chi connectivity index (χ3v) is 5.21. The fraction of sp³-hybridized carbons (Fsp3) is 0.300. The molecule has 2 N–H and O–H groups in total. The molecule has 0 saturated heterocycles. The van der Waals surface area contributed by atoms with Gasteiger partial charge in [0.15, 0.2) is 5.11 Å². The second-order valence-corrected chi connectivity index (χ2v) is 7.43. The number of benzene rings is 1. The highest BCUT2D eigenvalue weighted by molar-refractivity contribution is 7.80. The van der Waals surface area contributed by atoms with E-state index in [1.165, 1.54) is 11.3 Å². The molecule has 2 aromatic heterocycles. The number of aliphatic hydroxyl groups excluding tert-OH is 1. The molecule has 3 rings (SSSR count). The van der Waals surface area contributed by atoms with Crippen molar-refractivity contribution in [1.29, 1.82) is 0 Å². The Morgan fingerprint density at radius 2 is 2.21 bits per heavy atom. The molecule has 0 bridgehead atoms. The van der Waals surface area contributed by atoms with Crippen molar-refractivity contribution in [1.82, 2.24) is 15.2 Å². The van der Waals surface area contributed by atoms with Crippen LogP contribution in [0.15, 0.2) is 52.5 Å². The fourth-order valence-electron chi connectivity index (χ4n) is 2.64. The summed E-state index contributed by atoms with van der Waals surface area (Å²) >= 11 is 7.00. The normalized spacial score (nSPS) is 10.6. The highest BCUT2D eigenvalue weighted by atomic mass is 32.1. The van der Waals surface area contributed by atoms with Crippen LogP contribution in [0.25, 0.3) is 0 Å². The molecule has 6 nitrogen and oxygen atoms in total. The summed E-state index contributed by atoms with van der Waals surface area (Å²) in [5.74, 6) is 1.63. The van der Waals surface area contributed by atoms with Gasteiger partial charge < -0.3 is 24.5 Å². The van der Waals surface area contributed by atoms with Crippen LogP contribution in [0.4, 0.5) is 0 Å². The van der Waals surface area contributed by atoms with Gasteiger partial charge in [0.05, 0.1) is 25.1 Å². The zero-order valence-electron chi connectivity index (χ0n) is 15.6. The van der Waals surface area contributed by atoms with Crippen molar-refractivity contribution in [2.75, 3.05) is 6.54 Å². The Bertz CT molecular complexity index is 880. The molecule has 2 heterocycles. The maximum absolute atomic E-state index is 9.11. The number of aliphatic hydroxyl groups is 1. The Morgan fingerprint density at radius 1 is 1.32 bits per heavy atom. The summed E-state index contributed by atoms with van der Waals surface area (Å²) in [6.45, 7) is 4.33. The first-order chi connectivity index (χ1) is 13.7. The molecule has 0 aliphatic rings. The minimum absolute atomic E-state index is 0.0524. The number of aromatic nitrogens is 1. The van der Waals surface area contributed by atoms with E-state index in [9.17, 15) is 0 Å². The standard InChI is InChI=1S/C20H23N3O3S2/c1-2-21-20(27)23(11-18-7-4-8-25-18)10-15-5-3-6-17(9-15)26-13-19-22-16(12-24)14-28-19/h3-9,14,24H,2,10-13H2,1H3,(H,21,27). The monoisotopic (exact) mass is 417 g/mol. The first kappa shape index (κ1) is 20.3. The average molecular weight is 418 g/mol. The third kappa shape index (κ3) is 5.79. The minimum atomic E-state index is -0.0524. The molecule has 0 saturated carbocycles. The molecule has 0 atom stereocenters. The van der Waals surface area contributed by atoms with Crippen LogP contribution in [0.3, 0.4) is 0 Å². The number of furan rings is 1. The van der Waals surface area contributed by atoms with Gasteiger partial charge in [-0.05, 0) is 49.0 Å². The summed E-state index contributed by atoms with van der Waals surface area (Å²) in [6, 6.07) is 11.7. The van der Waals surface area contributed by atoms with Crippen LogP contribution in [-0.4, -0.2) is 26.6 Å². The summed E-state index contributed by atoms with van der Waals surface area (Å²) in [4.78, 5) is 6.36. The number of thiocarbonyl (C=S) groups is 1. The molecular formula is C20H23N3O3S2. The number of rotatable bonds is 9. The maximum atomic E-state index is 9.11. The van der Waals surface area contributed by atoms with E-state index in [1.54, 1.807) is 6.26 Å². The van der Waals surface area contributed by atoms with E-state index in [1.807, 2.05) is 48.7 Å². The van der Waals surface area contributed by atoms with Gasteiger partial charge in [-0.2, -0.15) is 0 Å². The van der Waals surface area contributed by atoms with Crippen LogP contribution in [0, 0.1) is 0 Å². The molecule has 0 aliphatic heterocycles. The molecule has 0 aliphatic carbocycles. The second-order valence-electron chi connectivity index (χ2n) is 6.10. The molecule has 8 heteroatoms. The summed E-state index contributed by atoms with van der Waals surface area (Å²) in [6.07, 6.45) is 1.67. The lowest BCUT2D eigenvalue weighted by atomic mass is 10.2. The maximum Gasteiger partial charge on any atom is 0.169 e. The quantitative estimate of drug-likeness (QED) is 0.514. The summed E-state index contributed by atoms with van der Waals surface area (Å²) in [5, 5.41) is 15.7. The van der Waals surface area contributed by atoms with Gasteiger partial charge in [-0.1, -0.05) is 12.1 Å². The van der Waals surface area contributed by atoms with Crippen molar-refractivity contribution in [2.45, 2.75) is 33.2 Å². The second kappa shape index (κ2) is 10.2. The van der Waals surface area contributed by atoms with Gasteiger partial charge in [-0.15, -0.1) is 11.3 Å². The number of nitrogens with zero attached hydrogens (tertiary/aromatic N) is 2. The predicted molar refractivity (Wildman–Crippen MR) is 113 cm³/mol. The SMILES string of the molecule is CCNC(=S)N(Cc1cccc(OCc2nc(CO)cs2)c1)Cc1ccco1. The number of thiazole rings is 1. The van der Waals surface area contributed by atoms with Gasteiger partial charge in [0, 0.05) is 18.5 Å². The van der Waals surface area contributed by atoms with Crippen molar-refractivity contribution in [3.63, 3.8) is 0 Å². The van der Waals surface area contributed by atoms with Gasteiger partial charge in [0.25, 0.3) is 0 Å². The van der Waals surface area contributed by atoms with Crippen LogP contribution in [-0.2, 0) is 26.3 Å². The van der Waals surface area contributed by atoms with E-state index in [2.05, 4.69) is 15.2 Å². The summed E-state index contributed by atoms with van der Waals surface area (Å²) < 4.78 is 11.3. The van der Waals surface area contributed by atoms with Crippen LogP contribution in [0.1, 0.15) is 28.9 Å². The molecule has 0 spiro atoms. The van der Waals surface area contributed by atoms with Crippen LogP contribution in [0.2, 0.25) is 0 Å². The molecule has 0 unspecified atom stereocenters. The molecule has 28 heavy (non-hydrogen) atoms. The Kier molecular flexibility index (Phi) is 7.41. The predicted octanol–water partition coefficient (Wildman–Crippen LogP) is 3.70. The zero-order valence-corrected chi connectivity index (χ0v) is 17.3. The average Bonchev–Trinajstić information content (AvgIpc) is 3.38. The van der Waals surface area contributed by atoms with Gasteiger partial charge in [-0.25, -0.2) is 4.98 Å². The molecule has 3 aromatic rings. The van der Waals surface area contributed by atoms with Crippen LogP contribution in [0.5, 0.6) is 5.75 Å². The fourth-order valence-corrected chi connectivity index (χ4v) is 3.61. The number of ether oxygens (including phenoxy) is 1. The largest absolute Gasteiger partial charge is 0.486 e. The molecule has 1 aromatic carbocycles. The summed E-state index contributed by atoms with van der Waals surface area (Å²) in [7, 11) is 0. The Morgan fingerprint density at radius 3 is 2.93 bits per heavy atom. The van der Waals surface area contributed by atoms with Gasteiger partial charge in [0.1, 0.15) is 23.1 Å². The lowest BCUT2D eigenvalue weighted by Crippen LogP contribution is -2.38. The molecular weight excluding hydrogens is 394 g/mol. The van der Waals surface area contributed by atoms with Crippen molar-refractivity contribution in [2.24, 2.45) is 0 Å². The van der Waals surface area contributed by atoms with Gasteiger partial charge in [0.2, 0.25) is 0 Å². The first-order valence-corrected chi connectivity index (χ1v) is 10.3. The number of nitrogens with one attached hydrogen (secondary N) is 1. The van der Waals surface area contributed by atoms with Crippen molar-refractivity contribution < 1.29 is 14.3 Å². The topological polar surface area (TPSA) is 70.8 Å². The van der Waals surface area contributed by atoms with Crippen LogP contribution >= 0.6 is 23.6 Å². The lowest BCUT2D eigenvalue weighted by Gasteiger charge is -2.25. The van der Waals surface area contributed by atoms with Crippen molar-refractivity contribution in [3.8, 4) is 5.75 Å². The van der Waals surface area contributed by atoms with E-state index in [0.29, 0.717) is 30.5 Å². The van der Waals surface area contributed by atoms with Crippen molar-refractivity contribution >= 4 is 28.7 Å². The highest BCUT2D eigenvalue weighted by Gasteiger charge is 2.13. The van der Waals surface area contributed by atoms with E-state index in [4.69, 9.17) is 26.5 Å². The molecule has 0 fully saturated rings. The van der Waals surface area contributed by atoms with E-state index in [0.717, 1.165) is 28.6 Å². The first-order valence-electron chi connectivity index (χ1n) is 8.99. The molecule has 148 valence electrons. The smallest absolute Gasteiger partial charge is 0.169 e. The van der Waals surface area contributed by atoms with Gasteiger partial charge in [-0.3, -0.25) is 0 Å². The number of hydrogen-bond acceptors (Lipinski definition) is 6. The van der Waals surface area contributed by atoms with Crippen molar-refractivity contribution in [3.05, 3.63) is 70.1 Å². The highest BCUT2D eigenvalue weighted by Crippen LogP contribution is 2.19. The van der Waals surface area contributed by atoms with Crippen LogP contribution < -0.4 is 10.1 Å². The number of hydrogen-bond donors (Lipinski definition) is 2. The van der Waals surface area contributed by atoms with Gasteiger partial charge >= 0.3 is 0 Å². The Balaban J connectivity index is 1.65. The summed E-state index contributed by atoms with van der Waals surface area (Å²) in [5.41, 5.74) is 1.75. The Hall–Kier alpha value is -2.42. The molecule has 0 amide bonds.